The van der Waals surface area contributed by atoms with Crippen LogP contribution >= 0.6 is 0 Å². The molecule has 2 heteroatoms. The van der Waals surface area contributed by atoms with Crippen LogP contribution in [0.15, 0.2) is 18.2 Å². The molecule has 2 rings (SSSR count). The molecule has 1 N–H and O–H groups in total. The van der Waals surface area contributed by atoms with Gasteiger partial charge >= 0.3 is 0 Å². The van der Waals surface area contributed by atoms with Crippen LogP contribution in [-0.4, -0.2) is 19.2 Å². The van der Waals surface area contributed by atoms with Gasteiger partial charge in [0.25, 0.3) is 0 Å². The van der Waals surface area contributed by atoms with Crippen LogP contribution < -0.4 is 10.1 Å². The van der Waals surface area contributed by atoms with E-state index in [9.17, 15) is 0 Å². The van der Waals surface area contributed by atoms with E-state index in [2.05, 4.69) is 44.3 Å². The monoisotopic (exact) mass is 261 g/mol. The first-order chi connectivity index (χ1) is 9.16. The van der Waals surface area contributed by atoms with Gasteiger partial charge in [-0.1, -0.05) is 26.0 Å². The molecule has 0 unspecified atom stereocenters. The third-order valence-electron chi connectivity index (χ3n) is 3.63. The van der Waals surface area contributed by atoms with Crippen LogP contribution in [0.1, 0.15) is 56.6 Å². The average molecular weight is 261 g/mol. The van der Waals surface area contributed by atoms with Gasteiger partial charge < -0.3 is 10.1 Å². The Morgan fingerprint density at radius 1 is 1.26 bits per heavy atom. The minimum Gasteiger partial charge on any atom is -0.493 e. The van der Waals surface area contributed by atoms with Crippen LogP contribution in [0.2, 0.25) is 0 Å². The van der Waals surface area contributed by atoms with E-state index in [0.717, 1.165) is 31.4 Å². The number of hydrogen-bond acceptors (Lipinski definition) is 2. The van der Waals surface area contributed by atoms with Crippen molar-refractivity contribution >= 4 is 0 Å². The van der Waals surface area contributed by atoms with Crippen LogP contribution in [-0.2, 0) is 0 Å². The Morgan fingerprint density at radius 3 is 2.74 bits per heavy atom. The van der Waals surface area contributed by atoms with Crippen LogP contribution in [0.3, 0.4) is 0 Å². The predicted molar refractivity (Wildman–Crippen MR) is 81.0 cm³/mol. The predicted octanol–water partition coefficient (Wildman–Crippen LogP) is 4.03. The summed E-state index contributed by atoms with van der Waals surface area (Å²) in [7, 11) is 0. The fraction of sp³-hybridized carbons (Fsp3) is 0.647. The third-order valence-corrected chi connectivity index (χ3v) is 3.63. The van der Waals surface area contributed by atoms with Gasteiger partial charge in [-0.2, -0.15) is 0 Å². The number of ether oxygens (including phenoxy) is 1. The lowest BCUT2D eigenvalue weighted by Gasteiger charge is -2.15. The van der Waals surface area contributed by atoms with E-state index >= 15 is 0 Å². The van der Waals surface area contributed by atoms with E-state index in [1.54, 1.807) is 0 Å². The van der Waals surface area contributed by atoms with E-state index in [0.29, 0.717) is 5.92 Å². The Bertz CT molecular complexity index is 396. The minimum atomic E-state index is 0.520. The van der Waals surface area contributed by atoms with Crippen molar-refractivity contribution in [2.75, 3.05) is 13.2 Å². The maximum Gasteiger partial charge on any atom is 0.122 e. The molecule has 0 amide bonds. The van der Waals surface area contributed by atoms with Gasteiger partial charge in [-0.15, -0.1) is 0 Å². The van der Waals surface area contributed by atoms with Gasteiger partial charge in [0.1, 0.15) is 5.75 Å². The summed E-state index contributed by atoms with van der Waals surface area (Å²) in [5.41, 5.74) is 2.59. The minimum absolute atomic E-state index is 0.520. The Labute approximate surface area is 117 Å². The number of nitrogens with one attached hydrogen (secondary N) is 1. The molecule has 0 aromatic heterocycles. The molecule has 1 aromatic carbocycles. The fourth-order valence-corrected chi connectivity index (χ4v) is 2.25. The van der Waals surface area contributed by atoms with E-state index in [1.807, 2.05) is 0 Å². The van der Waals surface area contributed by atoms with Crippen LogP contribution in [0.5, 0.6) is 5.75 Å². The summed E-state index contributed by atoms with van der Waals surface area (Å²) in [6.45, 7) is 8.53. The summed E-state index contributed by atoms with van der Waals surface area (Å²) < 4.78 is 5.97. The van der Waals surface area contributed by atoms with Crippen molar-refractivity contribution in [1.29, 1.82) is 0 Å². The topological polar surface area (TPSA) is 21.3 Å². The molecule has 106 valence electrons. The number of hydrogen-bond donors (Lipinski definition) is 1. The first-order valence-corrected chi connectivity index (χ1v) is 7.63. The van der Waals surface area contributed by atoms with Crippen molar-refractivity contribution in [2.24, 2.45) is 0 Å². The fourth-order valence-electron chi connectivity index (χ4n) is 2.25. The number of benzene rings is 1. The highest BCUT2D eigenvalue weighted by molar-refractivity contribution is 5.39. The molecule has 0 spiro atoms. The van der Waals surface area contributed by atoms with Crippen molar-refractivity contribution in [1.82, 2.24) is 5.32 Å². The molecule has 1 saturated carbocycles. The largest absolute Gasteiger partial charge is 0.493 e. The third kappa shape index (κ3) is 4.87. The maximum atomic E-state index is 5.97. The van der Waals surface area contributed by atoms with E-state index in [1.165, 1.54) is 30.4 Å². The Balaban J connectivity index is 1.72. The summed E-state index contributed by atoms with van der Waals surface area (Å²) in [5.74, 6) is 1.59. The Hall–Kier alpha value is -1.02. The summed E-state index contributed by atoms with van der Waals surface area (Å²) in [6, 6.07) is 7.36. The summed E-state index contributed by atoms with van der Waals surface area (Å²) >= 11 is 0. The zero-order valence-corrected chi connectivity index (χ0v) is 12.5. The quantitative estimate of drug-likeness (QED) is 0.713. The zero-order chi connectivity index (χ0) is 13.7. The van der Waals surface area contributed by atoms with Crippen LogP contribution in [0.4, 0.5) is 0 Å². The van der Waals surface area contributed by atoms with Crippen molar-refractivity contribution < 1.29 is 4.74 Å². The zero-order valence-electron chi connectivity index (χ0n) is 12.5. The Kier molecular flexibility index (Phi) is 5.26. The molecule has 1 aliphatic rings. The van der Waals surface area contributed by atoms with Gasteiger partial charge in [0.2, 0.25) is 0 Å². The smallest absolute Gasteiger partial charge is 0.122 e. The van der Waals surface area contributed by atoms with Gasteiger partial charge in [0, 0.05) is 6.04 Å². The SMILES string of the molecule is Cc1ccc(C(C)C)c(OCCCCNC2CC2)c1. The van der Waals surface area contributed by atoms with Gasteiger partial charge in [-0.05, 0) is 62.3 Å². The maximum absolute atomic E-state index is 5.97. The number of rotatable bonds is 8. The summed E-state index contributed by atoms with van der Waals surface area (Å²) in [6.07, 6.45) is 5.08. The molecule has 0 heterocycles. The molecule has 0 saturated heterocycles. The average Bonchev–Trinajstić information content (AvgIpc) is 3.17. The van der Waals surface area contributed by atoms with Crippen molar-refractivity contribution in [3.8, 4) is 5.75 Å². The molecular formula is C17H27NO. The first kappa shape index (κ1) is 14.4. The van der Waals surface area contributed by atoms with Gasteiger partial charge in [-0.3, -0.25) is 0 Å². The number of unbranched alkanes of at least 4 members (excludes halogenated alkanes) is 1. The van der Waals surface area contributed by atoms with Crippen LogP contribution in [0, 0.1) is 6.92 Å². The number of aryl methyl sites for hydroxylation is 1. The normalized spacial score (nSPS) is 14.9. The molecule has 1 aromatic rings. The second-order valence-electron chi connectivity index (χ2n) is 5.98. The highest BCUT2D eigenvalue weighted by atomic mass is 16.5. The molecule has 0 bridgehead atoms. The molecule has 1 aliphatic carbocycles. The molecular weight excluding hydrogens is 234 g/mol. The van der Waals surface area contributed by atoms with E-state index < -0.39 is 0 Å². The molecule has 0 radical (unpaired) electrons. The van der Waals surface area contributed by atoms with E-state index in [4.69, 9.17) is 4.74 Å². The highest BCUT2D eigenvalue weighted by Gasteiger charge is 2.19. The standard InChI is InChI=1S/C17H27NO/c1-13(2)16-9-6-14(3)12-17(16)19-11-5-4-10-18-15-7-8-15/h6,9,12-13,15,18H,4-5,7-8,10-11H2,1-3H3. The van der Waals surface area contributed by atoms with Gasteiger partial charge in [0.05, 0.1) is 6.61 Å². The van der Waals surface area contributed by atoms with Gasteiger partial charge in [-0.25, -0.2) is 0 Å². The van der Waals surface area contributed by atoms with Crippen molar-refractivity contribution in [2.45, 2.75) is 58.4 Å². The summed E-state index contributed by atoms with van der Waals surface area (Å²) in [4.78, 5) is 0. The van der Waals surface area contributed by atoms with E-state index in [-0.39, 0.29) is 0 Å². The lowest BCUT2D eigenvalue weighted by Crippen LogP contribution is -2.18. The molecule has 2 nitrogen and oxygen atoms in total. The molecule has 0 atom stereocenters. The molecule has 1 fully saturated rings. The lowest BCUT2D eigenvalue weighted by atomic mass is 10.0. The van der Waals surface area contributed by atoms with Crippen molar-refractivity contribution in [3.63, 3.8) is 0 Å². The highest BCUT2D eigenvalue weighted by Crippen LogP contribution is 2.27. The van der Waals surface area contributed by atoms with Crippen LogP contribution in [0.25, 0.3) is 0 Å². The second kappa shape index (κ2) is 6.95. The molecule has 19 heavy (non-hydrogen) atoms. The van der Waals surface area contributed by atoms with Crippen molar-refractivity contribution in [3.05, 3.63) is 29.3 Å². The van der Waals surface area contributed by atoms with Gasteiger partial charge in [0.15, 0.2) is 0 Å². The lowest BCUT2D eigenvalue weighted by molar-refractivity contribution is 0.301. The second-order valence-corrected chi connectivity index (χ2v) is 5.98. The summed E-state index contributed by atoms with van der Waals surface area (Å²) in [5, 5.41) is 3.54. The first-order valence-electron chi connectivity index (χ1n) is 7.63. The molecule has 0 aliphatic heterocycles. The Morgan fingerprint density at radius 2 is 2.05 bits per heavy atom.